The number of oxazole rings is 1. The van der Waals surface area contributed by atoms with E-state index in [1.165, 1.54) is 10.4 Å². The number of aromatic nitrogens is 1. The molecule has 2 fully saturated rings. The van der Waals surface area contributed by atoms with Gasteiger partial charge in [0.05, 0.1) is 4.90 Å². The van der Waals surface area contributed by atoms with E-state index in [0.29, 0.717) is 43.2 Å². The van der Waals surface area contributed by atoms with Gasteiger partial charge in [0.15, 0.2) is 11.5 Å². The quantitative estimate of drug-likeness (QED) is 0.836. The molecule has 2 heterocycles. The number of hydrogen-bond acceptors (Lipinski definition) is 5. The van der Waals surface area contributed by atoms with Gasteiger partial charge in [-0.25, -0.2) is 13.4 Å². The van der Waals surface area contributed by atoms with Crippen molar-refractivity contribution in [2.45, 2.75) is 24.7 Å². The number of piperazine rings is 1. The molecule has 7 nitrogen and oxygen atoms in total. The monoisotopic (exact) mass is 349 g/mol. The number of rotatable bonds is 3. The second-order valence-electron chi connectivity index (χ2n) is 6.37. The molecule has 0 N–H and O–H groups in total. The van der Waals surface area contributed by atoms with Crippen molar-refractivity contribution < 1.29 is 17.6 Å². The molecule has 1 aliphatic carbocycles. The molecule has 1 amide bonds. The topological polar surface area (TPSA) is 83.7 Å². The number of sulfonamides is 1. The normalized spacial score (nSPS) is 19.8. The fourth-order valence-electron chi connectivity index (χ4n) is 3.07. The summed E-state index contributed by atoms with van der Waals surface area (Å²) in [5.74, 6) is 0.850. The number of carbonyl (C=O) groups is 1. The van der Waals surface area contributed by atoms with Gasteiger partial charge in [0.2, 0.25) is 15.9 Å². The van der Waals surface area contributed by atoms with Gasteiger partial charge in [0, 0.05) is 45.1 Å². The van der Waals surface area contributed by atoms with E-state index >= 15 is 0 Å². The largest absolute Gasteiger partial charge is 0.441 e. The van der Waals surface area contributed by atoms with Gasteiger partial charge >= 0.3 is 0 Å². The molecule has 0 spiro atoms. The Morgan fingerprint density at radius 3 is 2.58 bits per heavy atom. The molecule has 1 aromatic carbocycles. The third-order valence-electron chi connectivity index (χ3n) is 4.58. The Bertz CT molecular complexity index is 893. The molecular formula is C16H19N3O4S. The Morgan fingerprint density at radius 2 is 1.92 bits per heavy atom. The minimum Gasteiger partial charge on any atom is -0.441 e. The lowest BCUT2D eigenvalue weighted by atomic mass is 10.3. The highest BCUT2D eigenvalue weighted by Gasteiger charge is 2.36. The summed E-state index contributed by atoms with van der Waals surface area (Å²) in [5, 5.41) is 0. The van der Waals surface area contributed by atoms with E-state index in [2.05, 4.69) is 4.98 Å². The van der Waals surface area contributed by atoms with E-state index in [-0.39, 0.29) is 16.7 Å². The molecule has 2 aromatic rings. The second kappa shape index (κ2) is 5.56. The van der Waals surface area contributed by atoms with Gasteiger partial charge < -0.3 is 9.32 Å². The van der Waals surface area contributed by atoms with E-state index in [1.807, 2.05) is 0 Å². The minimum atomic E-state index is -3.59. The Morgan fingerprint density at radius 1 is 1.21 bits per heavy atom. The van der Waals surface area contributed by atoms with E-state index < -0.39 is 10.0 Å². The number of carbonyl (C=O) groups excluding carboxylic acids is 1. The highest BCUT2D eigenvalue weighted by molar-refractivity contribution is 7.89. The molecule has 4 rings (SSSR count). The molecule has 128 valence electrons. The summed E-state index contributed by atoms with van der Waals surface area (Å²) in [6.45, 7) is 3.29. The zero-order chi connectivity index (χ0) is 16.9. The van der Waals surface area contributed by atoms with Crippen molar-refractivity contribution in [3.05, 3.63) is 24.1 Å². The number of hydrogen-bond donors (Lipinski definition) is 0. The van der Waals surface area contributed by atoms with Gasteiger partial charge in [-0.1, -0.05) is 0 Å². The van der Waals surface area contributed by atoms with Gasteiger partial charge in [0.1, 0.15) is 5.52 Å². The van der Waals surface area contributed by atoms with Gasteiger partial charge in [-0.15, -0.1) is 0 Å². The Balaban J connectivity index is 1.52. The first kappa shape index (κ1) is 15.6. The molecule has 2 aliphatic rings. The van der Waals surface area contributed by atoms with Crippen LogP contribution < -0.4 is 0 Å². The molecule has 24 heavy (non-hydrogen) atoms. The Hall–Kier alpha value is -1.93. The first-order valence-electron chi connectivity index (χ1n) is 8.11. The SMILES string of the molecule is Cc1nc2ccc(S(=O)(=O)N3CCN(C(=O)C4CC4)CC3)cc2o1. The van der Waals surface area contributed by atoms with Crippen molar-refractivity contribution in [3.8, 4) is 0 Å². The van der Waals surface area contributed by atoms with Gasteiger partial charge in [-0.2, -0.15) is 4.31 Å². The van der Waals surface area contributed by atoms with Crippen LogP contribution in [-0.2, 0) is 14.8 Å². The average molecular weight is 349 g/mol. The van der Waals surface area contributed by atoms with Crippen LogP contribution >= 0.6 is 0 Å². The number of fused-ring (bicyclic) bond motifs is 1. The number of aryl methyl sites for hydroxylation is 1. The first-order chi connectivity index (χ1) is 11.4. The Labute approximate surface area is 140 Å². The molecule has 0 radical (unpaired) electrons. The van der Waals surface area contributed by atoms with E-state index in [1.54, 1.807) is 24.0 Å². The van der Waals surface area contributed by atoms with Crippen molar-refractivity contribution in [3.63, 3.8) is 0 Å². The third kappa shape index (κ3) is 2.69. The number of benzene rings is 1. The zero-order valence-electron chi connectivity index (χ0n) is 13.4. The van der Waals surface area contributed by atoms with Crippen molar-refractivity contribution in [1.82, 2.24) is 14.2 Å². The summed E-state index contributed by atoms with van der Waals surface area (Å²) < 4.78 is 32.5. The van der Waals surface area contributed by atoms with Crippen LogP contribution in [0.5, 0.6) is 0 Å². The lowest BCUT2D eigenvalue weighted by Crippen LogP contribution is -2.50. The smallest absolute Gasteiger partial charge is 0.243 e. The van der Waals surface area contributed by atoms with Crippen LogP contribution in [0, 0.1) is 12.8 Å². The van der Waals surface area contributed by atoms with Crippen LogP contribution in [0.2, 0.25) is 0 Å². The summed E-state index contributed by atoms with van der Waals surface area (Å²) in [7, 11) is -3.59. The van der Waals surface area contributed by atoms with Gasteiger partial charge in [0.25, 0.3) is 0 Å². The van der Waals surface area contributed by atoms with Gasteiger partial charge in [-0.05, 0) is 25.0 Å². The lowest BCUT2D eigenvalue weighted by Gasteiger charge is -2.34. The van der Waals surface area contributed by atoms with E-state index in [4.69, 9.17) is 4.42 Å². The molecule has 0 unspecified atom stereocenters. The van der Waals surface area contributed by atoms with Crippen LogP contribution in [0.1, 0.15) is 18.7 Å². The predicted octanol–water partition coefficient (Wildman–Crippen LogP) is 1.38. The van der Waals surface area contributed by atoms with Crippen LogP contribution in [-0.4, -0.2) is 54.7 Å². The van der Waals surface area contributed by atoms with Crippen LogP contribution in [0.4, 0.5) is 0 Å². The van der Waals surface area contributed by atoms with E-state index in [9.17, 15) is 13.2 Å². The summed E-state index contributed by atoms with van der Waals surface area (Å²) in [6, 6.07) is 4.74. The van der Waals surface area contributed by atoms with Gasteiger partial charge in [-0.3, -0.25) is 4.79 Å². The number of nitrogens with zero attached hydrogens (tertiary/aromatic N) is 3. The van der Waals surface area contributed by atoms with Crippen molar-refractivity contribution >= 4 is 27.0 Å². The zero-order valence-corrected chi connectivity index (χ0v) is 14.3. The maximum Gasteiger partial charge on any atom is 0.243 e. The van der Waals surface area contributed by atoms with Crippen LogP contribution in [0.3, 0.4) is 0 Å². The lowest BCUT2D eigenvalue weighted by molar-refractivity contribution is -0.133. The summed E-state index contributed by atoms with van der Waals surface area (Å²) in [5.41, 5.74) is 1.11. The molecule has 0 atom stereocenters. The highest BCUT2D eigenvalue weighted by atomic mass is 32.2. The molecule has 1 saturated heterocycles. The first-order valence-corrected chi connectivity index (χ1v) is 9.55. The van der Waals surface area contributed by atoms with Crippen LogP contribution in [0.15, 0.2) is 27.5 Å². The fraction of sp³-hybridized carbons (Fsp3) is 0.500. The van der Waals surface area contributed by atoms with Crippen molar-refractivity contribution in [1.29, 1.82) is 0 Å². The third-order valence-corrected chi connectivity index (χ3v) is 6.48. The van der Waals surface area contributed by atoms with Crippen LogP contribution in [0.25, 0.3) is 11.1 Å². The molecule has 8 heteroatoms. The highest BCUT2D eigenvalue weighted by Crippen LogP contribution is 2.31. The second-order valence-corrected chi connectivity index (χ2v) is 8.30. The van der Waals surface area contributed by atoms with E-state index in [0.717, 1.165) is 12.8 Å². The van der Waals surface area contributed by atoms with Crippen molar-refractivity contribution in [2.24, 2.45) is 5.92 Å². The number of amides is 1. The molecular weight excluding hydrogens is 330 g/mol. The molecule has 0 bridgehead atoms. The Kier molecular flexibility index (Phi) is 3.61. The standard InChI is InChI=1S/C16H19N3O4S/c1-11-17-14-5-4-13(10-15(14)23-11)24(21,22)19-8-6-18(7-9-19)16(20)12-2-3-12/h4-5,10,12H,2-3,6-9H2,1H3. The average Bonchev–Trinajstić information content (AvgIpc) is 3.35. The fourth-order valence-corrected chi connectivity index (χ4v) is 4.51. The summed E-state index contributed by atoms with van der Waals surface area (Å²) >= 11 is 0. The summed E-state index contributed by atoms with van der Waals surface area (Å²) in [6.07, 6.45) is 1.93. The molecule has 1 saturated carbocycles. The maximum absolute atomic E-state index is 12.8. The van der Waals surface area contributed by atoms with Crippen molar-refractivity contribution in [2.75, 3.05) is 26.2 Å². The predicted molar refractivity (Wildman–Crippen MR) is 86.8 cm³/mol. The minimum absolute atomic E-state index is 0.172. The maximum atomic E-state index is 12.8. The molecule has 1 aromatic heterocycles. The summed E-state index contributed by atoms with van der Waals surface area (Å²) in [4.78, 5) is 18.2. The molecule has 1 aliphatic heterocycles.